The van der Waals surface area contributed by atoms with Crippen molar-refractivity contribution in [3.05, 3.63) is 182 Å². The fraction of sp³-hybridized carbons (Fsp3) is 0. The van der Waals surface area contributed by atoms with Gasteiger partial charge in [-0.15, -0.1) is 22.7 Å². The second-order valence-electron chi connectivity index (χ2n) is 12.8. The third-order valence-corrected chi connectivity index (χ3v) is 12.0. The Hall–Kier alpha value is -6.07. The predicted octanol–water partition coefficient (Wildman–Crippen LogP) is 14.3. The first-order chi connectivity index (χ1) is 25.3. The van der Waals surface area contributed by atoms with Crippen molar-refractivity contribution < 1.29 is 0 Å². The molecule has 0 saturated carbocycles. The number of fused-ring (bicyclic) bond motifs is 6. The topological polar surface area (TPSA) is 16.1 Å². The SMILES string of the molecule is c1ccc(-c2ccc(-c3nc4cc(N(c5ccc(-c6ccccc6)cc5)c5ccc6ccccc6c5)c5sc6ccccc6c5c4s3)cc2)cc1. The Balaban J connectivity index is 1.19. The normalized spacial score (nSPS) is 11.5. The zero-order valence-corrected chi connectivity index (χ0v) is 29.2. The highest BCUT2D eigenvalue weighted by Gasteiger charge is 2.23. The zero-order valence-electron chi connectivity index (χ0n) is 27.5. The lowest BCUT2D eigenvalue weighted by atomic mass is 10.0. The van der Waals surface area contributed by atoms with Crippen LogP contribution in [0.3, 0.4) is 0 Å². The molecule has 8 aromatic carbocycles. The molecule has 2 nitrogen and oxygen atoms in total. The van der Waals surface area contributed by atoms with Gasteiger partial charge in [0.15, 0.2) is 0 Å². The van der Waals surface area contributed by atoms with Crippen LogP contribution < -0.4 is 4.90 Å². The molecule has 0 N–H and O–H groups in total. The summed E-state index contributed by atoms with van der Waals surface area (Å²) in [6.07, 6.45) is 0. The monoisotopic (exact) mass is 686 g/mol. The second-order valence-corrected chi connectivity index (χ2v) is 14.8. The number of nitrogens with zero attached hydrogens (tertiary/aromatic N) is 2. The van der Waals surface area contributed by atoms with E-state index in [0.717, 1.165) is 33.1 Å². The molecule has 0 bridgehead atoms. The van der Waals surface area contributed by atoms with Crippen LogP contribution >= 0.6 is 22.7 Å². The summed E-state index contributed by atoms with van der Waals surface area (Å²) >= 11 is 3.66. The van der Waals surface area contributed by atoms with Crippen molar-refractivity contribution in [1.82, 2.24) is 4.98 Å². The predicted molar refractivity (Wildman–Crippen MR) is 221 cm³/mol. The number of anilines is 3. The summed E-state index contributed by atoms with van der Waals surface area (Å²) in [6, 6.07) is 65.4. The highest BCUT2D eigenvalue weighted by Crippen LogP contribution is 2.50. The van der Waals surface area contributed by atoms with E-state index in [2.05, 4.69) is 187 Å². The summed E-state index contributed by atoms with van der Waals surface area (Å²) in [5.41, 5.74) is 10.3. The molecule has 0 atom stereocenters. The number of aromatic nitrogens is 1. The van der Waals surface area contributed by atoms with Gasteiger partial charge >= 0.3 is 0 Å². The summed E-state index contributed by atoms with van der Waals surface area (Å²) in [4.78, 5) is 7.78. The van der Waals surface area contributed by atoms with Crippen molar-refractivity contribution >= 4 is 80.9 Å². The lowest BCUT2D eigenvalue weighted by Crippen LogP contribution is -2.10. The third kappa shape index (κ3) is 5.28. The summed E-state index contributed by atoms with van der Waals surface area (Å²) in [5.74, 6) is 0. The molecule has 240 valence electrons. The standard InChI is InChI=1S/C47H30N2S2/c1-3-11-31(12-4-1)34-19-21-36(22-20-34)47-48-41-30-42(46-44(45(41)51-47)40-17-9-10-18-43(40)50-46)49(39-28-25-33-15-7-8-16-37(33)29-39)38-26-23-35(24-27-38)32-13-5-2-6-14-32/h1-30H. The van der Waals surface area contributed by atoms with Crippen LogP contribution in [0.25, 0.3) is 74.0 Å². The van der Waals surface area contributed by atoms with Gasteiger partial charge in [-0.3, -0.25) is 0 Å². The van der Waals surface area contributed by atoms with Crippen LogP contribution in [0.5, 0.6) is 0 Å². The van der Waals surface area contributed by atoms with E-state index in [9.17, 15) is 0 Å². The minimum Gasteiger partial charge on any atom is -0.309 e. The van der Waals surface area contributed by atoms with Gasteiger partial charge in [-0.25, -0.2) is 4.98 Å². The Bertz CT molecular complexity index is 2840. The molecule has 10 rings (SSSR count). The van der Waals surface area contributed by atoms with Crippen molar-refractivity contribution in [2.75, 3.05) is 4.90 Å². The molecule has 51 heavy (non-hydrogen) atoms. The van der Waals surface area contributed by atoms with Gasteiger partial charge in [0.2, 0.25) is 0 Å². The lowest BCUT2D eigenvalue weighted by molar-refractivity contribution is 1.31. The molecule has 0 saturated heterocycles. The Morgan fingerprint density at radius 3 is 1.71 bits per heavy atom. The van der Waals surface area contributed by atoms with Crippen LogP contribution in [-0.4, -0.2) is 4.98 Å². The zero-order chi connectivity index (χ0) is 33.7. The van der Waals surface area contributed by atoms with Crippen molar-refractivity contribution in [3.63, 3.8) is 0 Å². The largest absolute Gasteiger partial charge is 0.309 e. The molecule has 2 heterocycles. The van der Waals surface area contributed by atoms with Crippen LogP contribution in [0, 0.1) is 0 Å². The van der Waals surface area contributed by atoms with E-state index < -0.39 is 0 Å². The Morgan fingerprint density at radius 1 is 0.412 bits per heavy atom. The fourth-order valence-electron chi connectivity index (χ4n) is 7.16. The van der Waals surface area contributed by atoms with Crippen LogP contribution in [0.1, 0.15) is 0 Å². The molecule has 0 amide bonds. The molecule has 4 heteroatoms. The maximum atomic E-state index is 5.35. The highest BCUT2D eigenvalue weighted by molar-refractivity contribution is 7.28. The number of rotatable bonds is 6. The molecule has 0 fully saturated rings. The van der Waals surface area contributed by atoms with Gasteiger partial charge in [0, 0.05) is 32.4 Å². The number of thiophene rings is 1. The molecule has 0 aliphatic rings. The van der Waals surface area contributed by atoms with E-state index in [1.807, 2.05) is 11.3 Å². The van der Waals surface area contributed by atoms with Gasteiger partial charge in [-0.2, -0.15) is 0 Å². The van der Waals surface area contributed by atoms with Crippen molar-refractivity contribution in [3.8, 4) is 32.8 Å². The van der Waals surface area contributed by atoms with Gasteiger partial charge in [-0.05, 0) is 69.4 Å². The molecule has 2 aromatic heterocycles. The van der Waals surface area contributed by atoms with Crippen molar-refractivity contribution in [2.45, 2.75) is 0 Å². The minimum atomic E-state index is 1.01. The van der Waals surface area contributed by atoms with Crippen molar-refractivity contribution in [2.24, 2.45) is 0 Å². The van der Waals surface area contributed by atoms with E-state index in [-0.39, 0.29) is 0 Å². The molecule has 0 spiro atoms. The summed E-state index contributed by atoms with van der Waals surface area (Å²) in [6.45, 7) is 0. The molecular formula is C47H30N2S2. The van der Waals surface area contributed by atoms with E-state index in [1.54, 1.807) is 11.3 Å². The summed E-state index contributed by atoms with van der Waals surface area (Å²) in [5, 5.41) is 6.02. The molecule has 0 unspecified atom stereocenters. The third-order valence-electron chi connectivity index (χ3n) is 9.69. The number of thiazole rings is 1. The molecule has 0 aliphatic carbocycles. The van der Waals surface area contributed by atoms with Crippen molar-refractivity contribution in [1.29, 1.82) is 0 Å². The van der Waals surface area contributed by atoms with Crippen LogP contribution in [-0.2, 0) is 0 Å². The Labute approximate surface area is 304 Å². The molecule has 0 radical (unpaired) electrons. The number of benzene rings is 8. The Kier molecular flexibility index (Phi) is 7.23. The van der Waals surface area contributed by atoms with E-state index in [0.29, 0.717) is 0 Å². The lowest BCUT2D eigenvalue weighted by Gasteiger charge is -2.27. The average Bonchev–Trinajstić information content (AvgIpc) is 3.81. The van der Waals surface area contributed by atoms with Gasteiger partial charge in [0.25, 0.3) is 0 Å². The Morgan fingerprint density at radius 2 is 0.980 bits per heavy atom. The number of hydrogen-bond donors (Lipinski definition) is 0. The highest BCUT2D eigenvalue weighted by atomic mass is 32.1. The van der Waals surface area contributed by atoms with Gasteiger partial charge in [0.05, 0.1) is 20.6 Å². The van der Waals surface area contributed by atoms with E-state index in [1.165, 1.54) is 57.9 Å². The van der Waals surface area contributed by atoms with Crippen LogP contribution in [0.15, 0.2) is 182 Å². The maximum Gasteiger partial charge on any atom is 0.124 e. The van der Waals surface area contributed by atoms with Crippen LogP contribution in [0.4, 0.5) is 17.1 Å². The molecule has 0 aliphatic heterocycles. The van der Waals surface area contributed by atoms with E-state index in [4.69, 9.17) is 4.98 Å². The first-order valence-electron chi connectivity index (χ1n) is 17.1. The van der Waals surface area contributed by atoms with Gasteiger partial charge in [0.1, 0.15) is 5.01 Å². The maximum absolute atomic E-state index is 5.35. The van der Waals surface area contributed by atoms with Gasteiger partial charge < -0.3 is 4.90 Å². The number of hydrogen-bond acceptors (Lipinski definition) is 4. The minimum absolute atomic E-state index is 1.01. The summed E-state index contributed by atoms with van der Waals surface area (Å²) < 4.78 is 3.77. The molecular weight excluding hydrogens is 657 g/mol. The second kappa shape index (κ2) is 12.4. The molecule has 10 aromatic rings. The van der Waals surface area contributed by atoms with Gasteiger partial charge in [-0.1, -0.05) is 146 Å². The van der Waals surface area contributed by atoms with Crippen LogP contribution in [0.2, 0.25) is 0 Å². The fourth-order valence-corrected chi connectivity index (χ4v) is 9.55. The summed E-state index contributed by atoms with van der Waals surface area (Å²) in [7, 11) is 0. The average molecular weight is 687 g/mol. The first-order valence-corrected chi connectivity index (χ1v) is 18.8. The smallest absolute Gasteiger partial charge is 0.124 e. The quantitative estimate of drug-likeness (QED) is 0.173. The first kappa shape index (κ1) is 29.8. The van der Waals surface area contributed by atoms with E-state index >= 15 is 0 Å².